The van der Waals surface area contributed by atoms with Crippen LogP contribution < -0.4 is 10.5 Å². The maximum Gasteiger partial charge on any atom is 0.435 e. The van der Waals surface area contributed by atoms with E-state index in [1.54, 1.807) is 12.1 Å². The van der Waals surface area contributed by atoms with Crippen LogP contribution in [0.15, 0.2) is 24.3 Å². The van der Waals surface area contributed by atoms with Gasteiger partial charge >= 0.3 is 6.18 Å². The fraction of sp³-hybridized carbons (Fsp3) is 0.250. The highest BCUT2D eigenvalue weighted by atomic mass is 19.4. The van der Waals surface area contributed by atoms with Gasteiger partial charge in [0, 0.05) is 7.05 Å². The standard InChI is InChI=1S/C12H12F3N3O/c1-18-11(16)9(10(17-18)12(13,14)15)7-4-3-5-8(6-7)19-2/h3-6H,16H2,1-2H3. The van der Waals surface area contributed by atoms with Gasteiger partial charge in [-0.2, -0.15) is 18.3 Å². The summed E-state index contributed by atoms with van der Waals surface area (Å²) in [5, 5.41) is 3.44. The van der Waals surface area contributed by atoms with Crippen LogP contribution in [0.5, 0.6) is 5.75 Å². The van der Waals surface area contributed by atoms with Crippen molar-refractivity contribution in [2.45, 2.75) is 6.18 Å². The van der Waals surface area contributed by atoms with Gasteiger partial charge in [0.2, 0.25) is 0 Å². The van der Waals surface area contributed by atoms with Crippen LogP contribution in [0.4, 0.5) is 19.0 Å². The van der Waals surface area contributed by atoms with E-state index >= 15 is 0 Å². The molecule has 1 heterocycles. The molecule has 0 spiro atoms. The van der Waals surface area contributed by atoms with Gasteiger partial charge < -0.3 is 10.5 Å². The Balaban J connectivity index is 2.67. The largest absolute Gasteiger partial charge is 0.497 e. The summed E-state index contributed by atoms with van der Waals surface area (Å²) in [5.74, 6) is 0.412. The number of rotatable bonds is 2. The average Bonchev–Trinajstić information content (AvgIpc) is 2.66. The maximum absolute atomic E-state index is 12.9. The summed E-state index contributed by atoms with van der Waals surface area (Å²) in [7, 11) is 2.81. The number of anilines is 1. The van der Waals surface area contributed by atoms with Gasteiger partial charge in [0.25, 0.3) is 0 Å². The summed E-state index contributed by atoms with van der Waals surface area (Å²) in [6, 6.07) is 6.26. The van der Waals surface area contributed by atoms with Crippen LogP contribution in [0.25, 0.3) is 11.1 Å². The zero-order valence-corrected chi connectivity index (χ0v) is 10.3. The number of alkyl halides is 3. The Kier molecular flexibility index (Phi) is 3.13. The second kappa shape index (κ2) is 4.49. The monoisotopic (exact) mass is 271 g/mol. The second-order valence-electron chi connectivity index (χ2n) is 3.96. The lowest BCUT2D eigenvalue weighted by Crippen LogP contribution is -2.08. The first-order valence-electron chi connectivity index (χ1n) is 5.38. The number of benzene rings is 1. The number of nitrogen functional groups attached to an aromatic ring is 1. The number of halogens is 3. The van der Waals surface area contributed by atoms with E-state index in [1.807, 2.05) is 0 Å². The Morgan fingerprint density at radius 3 is 2.58 bits per heavy atom. The minimum Gasteiger partial charge on any atom is -0.497 e. The number of nitrogens with two attached hydrogens (primary N) is 1. The van der Waals surface area contributed by atoms with E-state index in [-0.39, 0.29) is 11.4 Å². The minimum atomic E-state index is -4.56. The Bertz CT molecular complexity index is 605. The lowest BCUT2D eigenvalue weighted by molar-refractivity contribution is -0.140. The van der Waals surface area contributed by atoms with E-state index in [0.717, 1.165) is 4.68 Å². The molecule has 0 unspecified atom stereocenters. The lowest BCUT2D eigenvalue weighted by atomic mass is 10.0. The molecule has 0 atom stereocenters. The quantitative estimate of drug-likeness (QED) is 0.913. The molecule has 0 aliphatic heterocycles. The molecule has 1 aromatic carbocycles. The zero-order chi connectivity index (χ0) is 14.2. The minimum absolute atomic E-state index is 0.0411. The SMILES string of the molecule is COc1cccc(-c2c(C(F)(F)F)nn(C)c2N)c1. The smallest absolute Gasteiger partial charge is 0.435 e. The van der Waals surface area contributed by atoms with Crippen molar-refractivity contribution in [1.82, 2.24) is 9.78 Å². The van der Waals surface area contributed by atoms with Crippen molar-refractivity contribution in [2.24, 2.45) is 7.05 Å². The Morgan fingerprint density at radius 1 is 1.32 bits per heavy atom. The fourth-order valence-electron chi connectivity index (χ4n) is 1.80. The van der Waals surface area contributed by atoms with Crippen LogP contribution in [0.1, 0.15) is 5.69 Å². The first kappa shape index (κ1) is 13.3. The van der Waals surface area contributed by atoms with Crippen molar-refractivity contribution >= 4 is 5.82 Å². The molecule has 4 nitrogen and oxygen atoms in total. The third-order valence-corrected chi connectivity index (χ3v) is 2.72. The van der Waals surface area contributed by atoms with E-state index in [9.17, 15) is 13.2 Å². The molecule has 0 radical (unpaired) electrons. The summed E-state index contributed by atoms with van der Waals surface area (Å²) in [6.45, 7) is 0. The van der Waals surface area contributed by atoms with Crippen LogP contribution in [0.3, 0.4) is 0 Å². The van der Waals surface area contributed by atoms with Crippen molar-refractivity contribution < 1.29 is 17.9 Å². The molecule has 2 rings (SSSR count). The van der Waals surface area contributed by atoms with E-state index in [4.69, 9.17) is 10.5 Å². The summed E-state index contributed by atoms with van der Waals surface area (Å²) < 4.78 is 44.9. The van der Waals surface area contributed by atoms with Crippen LogP contribution in [-0.4, -0.2) is 16.9 Å². The summed E-state index contributed by atoms with van der Waals surface area (Å²) >= 11 is 0. The molecule has 0 fully saturated rings. The summed E-state index contributed by atoms with van der Waals surface area (Å²) in [5.41, 5.74) is 4.87. The molecule has 0 saturated heterocycles. The highest BCUT2D eigenvalue weighted by Gasteiger charge is 2.39. The van der Waals surface area contributed by atoms with Crippen molar-refractivity contribution in [3.63, 3.8) is 0 Å². The first-order valence-corrected chi connectivity index (χ1v) is 5.38. The van der Waals surface area contributed by atoms with Gasteiger partial charge in [0.05, 0.1) is 12.7 Å². The lowest BCUT2D eigenvalue weighted by Gasteiger charge is -2.08. The highest BCUT2D eigenvalue weighted by molar-refractivity contribution is 5.77. The first-order chi connectivity index (χ1) is 8.84. The number of ether oxygens (including phenoxy) is 1. The molecule has 0 amide bonds. The number of aromatic nitrogens is 2. The van der Waals surface area contributed by atoms with Crippen molar-refractivity contribution in [1.29, 1.82) is 0 Å². The molecule has 0 bridgehead atoms. The molecule has 19 heavy (non-hydrogen) atoms. The van der Waals surface area contributed by atoms with Gasteiger partial charge in [-0.15, -0.1) is 0 Å². The fourth-order valence-corrected chi connectivity index (χ4v) is 1.80. The molecule has 1 aromatic heterocycles. The van der Waals surface area contributed by atoms with E-state index in [2.05, 4.69) is 5.10 Å². The van der Waals surface area contributed by atoms with E-state index < -0.39 is 11.9 Å². The van der Waals surface area contributed by atoms with Crippen molar-refractivity contribution in [3.8, 4) is 16.9 Å². The van der Waals surface area contributed by atoms with Crippen LogP contribution in [-0.2, 0) is 13.2 Å². The zero-order valence-electron chi connectivity index (χ0n) is 10.3. The van der Waals surface area contributed by atoms with Crippen LogP contribution >= 0.6 is 0 Å². The molecule has 2 aromatic rings. The van der Waals surface area contributed by atoms with Gasteiger partial charge in [0.15, 0.2) is 5.69 Å². The third-order valence-electron chi connectivity index (χ3n) is 2.72. The number of hydrogen-bond donors (Lipinski definition) is 1. The van der Waals surface area contributed by atoms with Gasteiger partial charge in [0.1, 0.15) is 11.6 Å². The van der Waals surface area contributed by atoms with Crippen molar-refractivity contribution in [2.75, 3.05) is 12.8 Å². The molecule has 2 N–H and O–H groups in total. The molecule has 7 heteroatoms. The van der Waals surface area contributed by atoms with Crippen molar-refractivity contribution in [3.05, 3.63) is 30.0 Å². The number of nitrogens with zero attached hydrogens (tertiary/aromatic N) is 2. The number of methoxy groups -OCH3 is 1. The maximum atomic E-state index is 12.9. The summed E-state index contributed by atoms with van der Waals surface area (Å²) in [4.78, 5) is 0. The molecular weight excluding hydrogens is 259 g/mol. The number of aryl methyl sites for hydroxylation is 1. The molecular formula is C12H12F3N3O. The topological polar surface area (TPSA) is 53.1 Å². The van der Waals surface area contributed by atoms with Gasteiger partial charge in [-0.3, -0.25) is 4.68 Å². The van der Waals surface area contributed by atoms with Gasteiger partial charge in [-0.25, -0.2) is 0 Å². The van der Waals surface area contributed by atoms with Crippen LogP contribution in [0.2, 0.25) is 0 Å². The Hall–Kier alpha value is -2.18. The van der Waals surface area contributed by atoms with E-state index in [1.165, 1.54) is 26.3 Å². The second-order valence-corrected chi connectivity index (χ2v) is 3.96. The highest BCUT2D eigenvalue weighted by Crippen LogP contribution is 2.40. The third kappa shape index (κ3) is 2.35. The van der Waals surface area contributed by atoms with Gasteiger partial charge in [-0.1, -0.05) is 12.1 Å². The Morgan fingerprint density at radius 2 is 2.00 bits per heavy atom. The summed E-state index contributed by atoms with van der Waals surface area (Å²) in [6.07, 6.45) is -4.56. The molecule has 0 aliphatic rings. The predicted molar refractivity (Wildman–Crippen MR) is 64.6 cm³/mol. The molecule has 102 valence electrons. The Labute approximate surface area is 107 Å². The number of hydrogen-bond acceptors (Lipinski definition) is 3. The van der Waals surface area contributed by atoms with E-state index in [0.29, 0.717) is 11.3 Å². The normalized spacial score (nSPS) is 11.6. The molecule has 0 saturated carbocycles. The molecule has 0 aliphatic carbocycles. The predicted octanol–water partition coefficient (Wildman–Crippen LogP) is 2.70. The van der Waals surface area contributed by atoms with Gasteiger partial charge in [-0.05, 0) is 17.7 Å². The average molecular weight is 271 g/mol. The van der Waals surface area contributed by atoms with Crippen LogP contribution in [0, 0.1) is 0 Å².